The van der Waals surface area contributed by atoms with Crippen LogP contribution in [0.4, 0.5) is 0 Å². The van der Waals surface area contributed by atoms with E-state index in [0.29, 0.717) is 12.9 Å². The zero-order chi connectivity index (χ0) is 10.6. The van der Waals surface area contributed by atoms with Crippen LogP contribution in [0.25, 0.3) is 0 Å². The van der Waals surface area contributed by atoms with Crippen molar-refractivity contribution in [2.45, 2.75) is 59.2 Å². The van der Waals surface area contributed by atoms with Crippen molar-refractivity contribution in [1.29, 1.82) is 0 Å². The molecular weight excluding hydrogens is 176 g/mol. The Bertz CT molecular complexity index is 146. The van der Waals surface area contributed by atoms with Crippen LogP contribution >= 0.6 is 0 Å². The number of ether oxygens (including phenoxy) is 2. The molecule has 1 saturated carbocycles. The standard InChI is InChI=1S/C12H24O2/c1-9(2)13-8-14-12-6-10(3)5-11(4)7-12/h9-12H,5-8H2,1-4H3. The third kappa shape index (κ3) is 4.43. The molecule has 0 aliphatic heterocycles. The van der Waals surface area contributed by atoms with Crippen LogP contribution in [0, 0.1) is 11.8 Å². The van der Waals surface area contributed by atoms with Gasteiger partial charge in [-0.25, -0.2) is 0 Å². The minimum absolute atomic E-state index is 0.272. The second-order valence-corrected chi connectivity index (χ2v) is 5.04. The van der Waals surface area contributed by atoms with Crippen molar-refractivity contribution in [3.8, 4) is 0 Å². The van der Waals surface area contributed by atoms with Crippen molar-refractivity contribution in [1.82, 2.24) is 0 Å². The Morgan fingerprint density at radius 2 is 1.64 bits per heavy atom. The van der Waals surface area contributed by atoms with Crippen LogP contribution in [0.1, 0.15) is 47.0 Å². The molecule has 0 spiro atoms. The van der Waals surface area contributed by atoms with Gasteiger partial charge in [0.15, 0.2) is 0 Å². The maximum absolute atomic E-state index is 5.71. The SMILES string of the molecule is CC1CC(C)CC(OCOC(C)C)C1. The molecule has 84 valence electrons. The molecule has 0 amide bonds. The maximum Gasteiger partial charge on any atom is 0.147 e. The molecule has 0 aromatic rings. The lowest BCUT2D eigenvalue weighted by molar-refractivity contribution is -0.124. The average Bonchev–Trinajstić information content (AvgIpc) is 2.01. The monoisotopic (exact) mass is 200 g/mol. The summed E-state index contributed by atoms with van der Waals surface area (Å²) in [6.45, 7) is 9.16. The smallest absolute Gasteiger partial charge is 0.147 e. The van der Waals surface area contributed by atoms with E-state index in [1.165, 1.54) is 19.3 Å². The van der Waals surface area contributed by atoms with Gasteiger partial charge in [-0.05, 0) is 44.9 Å². The molecule has 0 heterocycles. The Labute approximate surface area is 88.0 Å². The molecular formula is C12H24O2. The number of hydrogen-bond acceptors (Lipinski definition) is 2. The van der Waals surface area contributed by atoms with Crippen molar-refractivity contribution in [3.63, 3.8) is 0 Å². The highest BCUT2D eigenvalue weighted by atomic mass is 16.7. The van der Waals surface area contributed by atoms with Gasteiger partial charge in [0.05, 0.1) is 12.2 Å². The van der Waals surface area contributed by atoms with E-state index in [4.69, 9.17) is 9.47 Å². The topological polar surface area (TPSA) is 18.5 Å². The van der Waals surface area contributed by atoms with Crippen molar-refractivity contribution in [3.05, 3.63) is 0 Å². The molecule has 2 atom stereocenters. The van der Waals surface area contributed by atoms with E-state index in [1.54, 1.807) is 0 Å². The summed E-state index contributed by atoms with van der Waals surface area (Å²) in [5, 5.41) is 0. The molecule has 0 aromatic heterocycles. The quantitative estimate of drug-likeness (QED) is 0.649. The second-order valence-electron chi connectivity index (χ2n) is 5.04. The first-order valence-corrected chi connectivity index (χ1v) is 5.81. The van der Waals surface area contributed by atoms with Crippen LogP contribution in [0.3, 0.4) is 0 Å². The minimum Gasteiger partial charge on any atom is -0.353 e. The predicted molar refractivity (Wildman–Crippen MR) is 58.1 cm³/mol. The van der Waals surface area contributed by atoms with Gasteiger partial charge in [-0.2, -0.15) is 0 Å². The lowest BCUT2D eigenvalue weighted by Crippen LogP contribution is -2.27. The Morgan fingerprint density at radius 1 is 1.07 bits per heavy atom. The third-order valence-corrected chi connectivity index (χ3v) is 2.84. The van der Waals surface area contributed by atoms with Gasteiger partial charge in [0, 0.05) is 0 Å². The van der Waals surface area contributed by atoms with Gasteiger partial charge in [0.25, 0.3) is 0 Å². The molecule has 0 aromatic carbocycles. The summed E-state index contributed by atoms with van der Waals surface area (Å²) in [5.74, 6) is 1.62. The molecule has 0 bridgehead atoms. The van der Waals surface area contributed by atoms with Crippen LogP contribution in [-0.2, 0) is 9.47 Å². The summed E-state index contributed by atoms with van der Waals surface area (Å²) >= 11 is 0. The highest BCUT2D eigenvalue weighted by Crippen LogP contribution is 2.30. The van der Waals surface area contributed by atoms with E-state index in [1.807, 2.05) is 13.8 Å². The van der Waals surface area contributed by atoms with Crippen LogP contribution < -0.4 is 0 Å². The van der Waals surface area contributed by atoms with Crippen molar-refractivity contribution < 1.29 is 9.47 Å². The van der Waals surface area contributed by atoms with E-state index in [9.17, 15) is 0 Å². The summed E-state index contributed by atoms with van der Waals surface area (Å²) in [7, 11) is 0. The average molecular weight is 200 g/mol. The fourth-order valence-corrected chi connectivity index (χ4v) is 2.28. The van der Waals surface area contributed by atoms with Gasteiger partial charge in [0.2, 0.25) is 0 Å². The van der Waals surface area contributed by atoms with E-state index < -0.39 is 0 Å². The van der Waals surface area contributed by atoms with E-state index in [0.717, 1.165) is 11.8 Å². The largest absolute Gasteiger partial charge is 0.353 e. The number of rotatable bonds is 4. The number of hydrogen-bond donors (Lipinski definition) is 0. The second kappa shape index (κ2) is 5.72. The Morgan fingerprint density at radius 3 is 2.14 bits per heavy atom. The third-order valence-electron chi connectivity index (χ3n) is 2.84. The Hall–Kier alpha value is -0.0800. The van der Waals surface area contributed by atoms with Crippen LogP contribution in [0.5, 0.6) is 0 Å². The summed E-state index contributed by atoms with van der Waals surface area (Å²) < 4.78 is 11.1. The molecule has 0 saturated heterocycles. The van der Waals surface area contributed by atoms with Crippen molar-refractivity contribution in [2.24, 2.45) is 11.8 Å². The van der Waals surface area contributed by atoms with E-state index in [2.05, 4.69) is 13.8 Å². The molecule has 0 N–H and O–H groups in total. The fourth-order valence-electron chi connectivity index (χ4n) is 2.28. The van der Waals surface area contributed by atoms with Crippen molar-refractivity contribution in [2.75, 3.05) is 6.79 Å². The first-order chi connectivity index (χ1) is 6.58. The zero-order valence-electron chi connectivity index (χ0n) is 9.95. The summed E-state index contributed by atoms with van der Waals surface area (Å²) in [4.78, 5) is 0. The summed E-state index contributed by atoms with van der Waals surface area (Å²) in [6.07, 6.45) is 4.45. The highest BCUT2D eigenvalue weighted by Gasteiger charge is 2.24. The summed E-state index contributed by atoms with van der Waals surface area (Å²) in [6, 6.07) is 0. The zero-order valence-corrected chi connectivity index (χ0v) is 9.95. The lowest BCUT2D eigenvalue weighted by Gasteiger charge is -2.31. The first-order valence-electron chi connectivity index (χ1n) is 5.81. The van der Waals surface area contributed by atoms with Gasteiger partial charge in [0.1, 0.15) is 6.79 Å². The van der Waals surface area contributed by atoms with Gasteiger partial charge >= 0.3 is 0 Å². The molecule has 2 nitrogen and oxygen atoms in total. The van der Waals surface area contributed by atoms with E-state index >= 15 is 0 Å². The maximum atomic E-state index is 5.71. The van der Waals surface area contributed by atoms with Gasteiger partial charge in [-0.15, -0.1) is 0 Å². The molecule has 1 aliphatic rings. The van der Waals surface area contributed by atoms with Crippen molar-refractivity contribution >= 4 is 0 Å². The van der Waals surface area contributed by atoms with E-state index in [-0.39, 0.29) is 6.10 Å². The van der Waals surface area contributed by atoms with Crippen LogP contribution in [0.2, 0.25) is 0 Å². The molecule has 1 aliphatic carbocycles. The Kier molecular flexibility index (Phi) is 4.90. The normalized spacial score (nSPS) is 33.6. The lowest BCUT2D eigenvalue weighted by atomic mass is 9.82. The molecule has 2 unspecified atom stereocenters. The molecule has 2 heteroatoms. The first kappa shape index (κ1) is 12.0. The molecule has 14 heavy (non-hydrogen) atoms. The van der Waals surface area contributed by atoms with Gasteiger partial charge < -0.3 is 9.47 Å². The van der Waals surface area contributed by atoms with Crippen LogP contribution in [-0.4, -0.2) is 19.0 Å². The van der Waals surface area contributed by atoms with Crippen LogP contribution in [0.15, 0.2) is 0 Å². The summed E-state index contributed by atoms with van der Waals surface area (Å²) in [5.41, 5.74) is 0. The van der Waals surface area contributed by atoms with Gasteiger partial charge in [-0.3, -0.25) is 0 Å². The molecule has 1 fully saturated rings. The fraction of sp³-hybridized carbons (Fsp3) is 1.00. The Balaban J connectivity index is 2.17. The minimum atomic E-state index is 0.272. The predicted octanol–water partition coefficient (Wildman–Crippen LogP) is 3.21. The van der Waals surface area contributed by atoms with Gasteiger partial charge in [-0.1, -0.05) is 13.8 Å². The molecule has 1 rings (SSSR count). The highest BCUT2D eigenvalue weighted by molar-refractivity contribution is 4.74. The molecule has 0 radical (unpaired) electrons.